The van der Waals surface area contributed by atoms with E-state index in [4.69, 9.17) is 10.6 Å². The molecule has 1 heterocycles. The molecule has 0 spiro atoms. The van der Waals surface area contributed by atoms with Gasteiger partial charge in [0.1, 0.15) is 0 Å². The maximum absolute atomic E-state index is 5.47. The van der Waals surface area contributed by atoms with E-state index in [9.17, 15) is 0 Å². The van der Waals surface area contributed by atoms with Gasteiger partial charge >= 0.3 is 0 Å². The Balaban J connectivity index is 2.29. The summed E-state index contributed by atoms with van der Waals surface area (Å²) in [4.78, 5) is 0. The highest BCUT2D eigenvalue weighted by Gasteiger charge is 2.31. The fourth-order valence-corrected chi connectivity index (χ4v) is 1.34. The number of hydrazine groups is 1. The summed E-state index contributed by atoms with van der Waals surface area (Å²) in [7, 11) is 0. The standard InChI is InChI=1S/C7H16N2O/c1-7(2)3-6(4-9-8)10-5-7/h6,9H,3-5,8H2,1-2H3/t6-/m1/s1. The van der Waals surface area contributed by atoms with Crippen molar-refractivity contribution in [3.63, 3.8) is 0 Å². The highest BCUT2D eigenvalue weighted by atomic mass is 16.5. The third kappa shape index (κ3) is 1.94. The molecule has 3 nitrogen and oxygen atoms in total. The second-order valence-electron chi connectivity index (χ2n) is 3.71. The third-order valence-corrected chi connectivity index (χ3v) is 1.84. The topological polar surface area (TPSA) is 47.3 Å². The minimum absolute atomic E-state index is 0.319. The zero-order valence-corrected chi connectivity index (χ0v) is 6.68. The van der Waals surface area contributed by atoms with Crippen molar-refractivity contribution in [1.29, 1.82) is 0 Å². The van der Waals surface area contributed by atoms with Gasteiger partial charge in [0.2, 0.25) is 0 Å². The lowest BCUT2D eigenvalue weighted by Gasteiger charge is -2.13. The Morgan fingerprint density at radius 2 is 2.40 bits per heavy atom. The first kappa shape index (κ1) is 7.98. The molecule has 1 aliphatic heterocycles. The first-order chi connectivity index (χ1) is 4.64. The number of hydrogen-bond acceptors (Lipinski definition) is 3. The van der Waals surface area contributed by atoms with Crippen molar-refractivity contribution in [2.24, 2.45) is 11.3 Å². The summed E-state index contributed by atoms with van der Waals surface area (Å²) >= 11 is 0. The van der Waals surface area contributed by atoms with Crippen LogP contribution in [0, 0.1) is 5.41 Å². The third-order valence-electron chi connectivity index (χ3n) is 1.84. The Bertz CT molecular complexity index is 114. The van der Waals surface area contributed by atoms with Crippen LogP contribution < -0.4 is 11.3 Å². The lowest BCUT2D eigenvalue weighted by molar-refractivity contribution is 0.0992. The Hall–Kier alpha value is -0.120. The van der Waals surface area contributed by atoms with E-state index in [0.29, 0.717) is 11.5 Å². The Morgan fingerprint density at radius 3 is 2.80 bits per heavy atom. The summed E-state index contributed by atoms with van der Waals surface area (Å²) in [6, 6.07) is 0. The molecule has 1 fully saturated rings. The minimum Gasteiger partial charge on any atom is -0.376 e. The van der Waals surface area contributed by atoms with Gasteiger partial charge in [-0.2, -0.15) is 0 Å². The van der Waals surface area contributed by atoms with E-state index in [2.05, 4.69) is 19.3 Å². The van der Waals surface area contributed by atoms with E-state index in [1.807, 2.05) is 0 Å². The van der Waals surface area contributed by atoms with Gasteiger partial charge in [0.15, 0.2) is 0 Å². The van der Waals surface area contributed by atoms with Crippen LogP contribution in [0.3, 0.4) is 0 Å². The molecule has 1 aliphatic rings. The molecule has 0 saturated carbocycles. The fourth-order valence-electron chi connectivity index (χ4n) is 1.34. The van der Waals surface area contributed by atoms with E-state index >= 15 is 0 Å². The molecule has 10 heavy (non-hydrogen) atoms. The zero-order chi connectivity index (χ0) is 7.61. The molecule has 0 amide bonds. The largest absolute Gasteiger partial charge is 0.376 e. The first-order valence-electron chi connectivity index (χ1n) is 3.69. The van der Waals surface area contributed by atoms with Crippen LogP contribution in [0.4, 0.5) is 0 Å². The molecule has 1 saturated heterocycles. The second kappa shape index (κ2) is 2.86. The molecule has 0 aromatic rings. The van der Waals surface area contributed by atoms with Gasteiger partial charge < -0.3 is 4.74 Å². The van der Waals surface area contributed by atoms with Crippen molar-refractivity contribution in [2.45, 2.75) is 26.4 Å². The summed E-state index contributed by atoms with van der Waals surface area (Å²) in [5.74, 6) is 5.17. The molecule has 60 valence electrons. The lowest BCUT2D eigenvalue weighted by atomic mass is 9.91. The van der Waals surface area contributed by atoms with E-state index in [-0.39, 0.29) is 0 Å². The number of hydrogen-bond donors (Lipinski definition) is 2. The lowest BCUT2D eigenvalue weighted by Crippen LogP contribution is -2.31. The fraction of sp³-hybridized carbons (Fsp3) is 1.00. The van der Waals surface area contributed by atoms with Crippen LogP contribution >= 0.6 is 0 Å². The second-order valence-corrected chi connectivity index (χ2v) is 3.71. The van der Waals surface area contributed by atoms with Gasteiger partial charge in [-0.05, 0) is 11.8 Å². The molecular weight excluding hydrogens is 128 g/mol. The van der Waals surface area contributed by atoms with Crippen molar-refractivity contribution < 1.29 is 4.74 Å². The molecule has 0 radical (unpaired) electrons. The monoisotopic (exact) mass is 144 g/mol. The van der Waals surface area contributed by atoms with Gasteiger partial charge in [-0.3, -0.25) is 11.3 Å². The van der Waals surface area contributed by atoms with Gasteiger partial charge in [0.25, 0.3) is 0 Å². The molecule has 0 aliphatic carbocycles. The van der Waals surface area contributed by atoms with Crippen molar-refractivity contribution >= 4 is 0 Å². The number of nitrogens with two attached hydrogens (primary N) is 1. The highest BCUT2D eigenvalue weighted by molar-refractivity contribution is 4.80. The Kier molecular flexibility index (Phi) is 2.28. The average Bonchev–Trinajstić information content (AvgIpc) is 2.12. The number of ether oxygens (including phenoxy) is 1. The summed E-state index contributed by atoms with van der Waals surface area (Å²) < 4.78 is 5.47. The molecule has 1 rings (SSSR count). The van der Waals surface area contributed by atoms with Crippen LogP contribution in [0.15, 0.2) is 0 Å². The van der Waals surface area contributed by atoms with Gasteiger partial charge in [-0.25, -0.2) is 0 Å². The molecule has 0 unspecified atom stereocenters. The first-order valence-corrected chi connectivity index (χ1v) is 3.69. The van der Waals surface area contributed by atoms with Crippen LogP contribution in [0.1, 0.15) is 20.3 Å². The SMILES string of the molecule is CC1(C)CO[C@@H](CNN)C1. The summed E-state index contributed by atoms with van der Waals surface area (Å²) in [5.41, 5.74) is 2.97. The maximum Gasteiger partial charge on any atom is 0.0719 e. The molecule has 3 heteroatoms. The Labute approximate surface area is 61.9 Å². The molecule has 3 N–H and O–H groups in total. The van der Waals surface area contributed by atoms with E-state index in [0.717, 1.165) is 19.6 Å². The quantitative estimate of drug-likeness (QED) is 0.432. The minimum atomic E-state index is 0.319. The predicted octanol–water partition coefficient (Wildman–Crippen LogP) is 0.265. The van der Waals surface area contributed by atoms with Gasteiger partial charge in [0, 0.05) is 6.54 Å². The number of rotatable bonds is 2. The summed E-state index contributed by atoms with van der Waals surface area (Å²) in [5, 5.41) is 0. The Morgan fingerprint density at radius 1 is 1.70 bits per heavy atom. The maximum atomic E-state index is 5.47. The van der Waals surface area contributed by atoms with Crippen molar-refractivity contribution in [1.82, 2.24) is 5.43 Å². The van der Waals surface area contributed by atoms with Crippen LogP contribution in [0.5, 0.6) is 0 Å². The molecule has 1 atom stereocenters. The van der Waals surface area contributed by atoms with Crippen LogP contribution in [0.25, 0.3) is 0 Å². The molecule has 0 aromatic heterocycles. The van der Waals surface area contributed by atoms with Crippen LogP contribution in [0.2, 0.25) is 0 Å². The molecule has 0 aromatic carbocycles. The van der Waals surface area contributed by atoms with Crippen LogP contribution in [-0.2, 0) is 4.74 Å². The average molecular weight is 144 g/mol. The summed E-state index contributed by atoms with van der Waals surface area (Å²) in [6.45, 7) is 6.05. The van der Waals surface area contributed by atoms with Crippen molar-refractivity contribution in [2.75, 3.05) is 13.2 Å². The highest BCUT2D eigenvalue weighted by Crippen LogP contribution is 2.30. The normalized spacial score (nSPS) is 30.9. The summed E-state index contributed by atoms with van der Waals surface area (Å²) in [6.07, 6.45) is 1.43. The van der Waals surface area contributed by atoms with E-state index in [1.165, 1.54) is 0 Å². The van der Waals surface area contributed by atoms with E-state index < -0.39 is 0 Å². The molecular formula is C7H16N2O. The van der Waals surface area contributed by atoms with Gasteiger partial charge in [-0.15, -0.1) is 0 Å². The van der Waals surface area contributed by atoms with Crippen molar-refractivity contribution in [3.05, 3.63) is 0 Å². The van der Waals surface area contributed by atoms with Gasteiger partial charge in [0.05, 0.1) is 12.7 Å². The smallest absolute Gasteiger partial charge is 0.0719 e. The zero-order valence-electron chi connectivity index (χ0n) is 6.68. The molecule has 0 bridgehead atoms. The van der Waals surface area contributed by atoms with Crippen molar-refractivity contribution in [3.8, 4) is 0 Å². The van der Waals surface area contributed by atoms with E-state index in [1.54, 1.807) is 0 Å². The number of nitrogens with one attached hydrogen (secondary N) is 1. The van der Waals surface area contributed by atoms with Crippen LogP contribution in [-0.4, -0.2) is 19.3 Å². The van der Waals surface area contributed by atoms with Gasteiger partial charge in [-0.1, -0.05) is 13.8 Å². The predicted molar refractivity (Wildman–Crippen MR) is 40.3 cm³/mol.